The Kier molecular flexibility index (Phi) is 2.99. The Labute approximate surface area is 147 Å². The molecule has 3 aromatic heterocycles. The van der Waals surface area contributed by atoms with Gasteiger partial charge in [0.25, 0.3) is 0 Å². The van der Waals surface area contributed by atoms with Gasteiger partial charge in [0, 0.05) is 26.7 Å². The number of hydrogen-bond acceptors (Lipinski definition) is 4. The van der Waals surface area contributed by atoms with Gasteiger partial charge in [0.05, 0.1) is 20.9 Å². The molecule has 0 N–H and O–H groups in total. The van der Waals surface area contributed by atoms with Crippen LogP contribution in [0.25, 0.3) is 42.3 Å². The first-order valence-corrected chi connectivity index (χ1v) is 9.48. The van der Waals surface area contributed by atoms with Gasteiger partial charge in [-0.05, 0) is 42.8 Å². The van der Waals surface area contributed by atoms with Crippen molar-refractivity contribution in [2.45, 2.75) is 13.8 Å². The molecule has 5 aromatic rings. The highest BCUT2D eigenvalue weighted by Crippen LogP contribution is 2.41. The molecule has 0 amide bonds. The van der Waals surface area contributed by atoms with Crippen LogP contribution < -0.4 is 0 Å². The molecule has 0 saturated heterocycles. The minimum atomic E-state index is 1.04. The zero-order chi connectivity index (χ0) is 16.3. The van der Waals surface area contributed by atoms with Crippen molar-refractivity contribution >= 4 is 53.7 Å². The average Bonchev–Trinajstić information content (AvgIpc) is 3.15. The summed E-state index contributed by atoms with van der Waals surface area (Å²) in [6, 6.07) is 15.2. The number of aromatic nitrogens is 2. The first kappa shape index (κ1) is 14.1. The summed E-state index contributed by atoms with van der Waals surface area (Å²) in [5.41, 5.74) is 3.31. The van der Waals surface area contributed by atoms with Crippen molar-refractivity contribution in [1.29, 1.82) is 0 Å². The van der Waals surface area contributed by atoms with E-state index in [2.05, 4.69) is 55.2 Å². The Hall–Kier alpha value is -2.30. The first-order chi connectivity index (χ1) is 11.7. The second kappa shape index (κ2) is 5.10. The lowest BCUT2D eigenvalue weighted by Crippen LogP contribution is -1.85. The minimum absolute atomic E-state index is 1.04. The third-order valence-electron chi connectivity index (χ3n) is 4.32. The summed E-state index contributed by atoms with van der Waals surface area (Å²) in [7, 11) is 0. The molecule has 5 rings (SSSR count). The lowest BCUT2D eigenvalue weighted by atomic mass is 10.0. The minimum Gasteiger partial charge on any atom is -0.255 e. The van der Waals surface area contributed by atoms with Gasteiger partial charge in [-0.1, -0.05) is 24.3 Å². The van der Waals surface area contributed by atoms with Crippen LogP contribution in [0.3, 0.4) is 0 Å². The number of nitrogens with zero attached hydrogens (tertiary/aromatic N) is 2. The fourth-order valence-corrected chi connectivity index (χ4v) is 5.30. The van der Waals surface area contributed by atoms with Gasteiger partial charge in [-0.3, -0.25) is 4.98 Å². The van der Waals surface area contributed by atoms with E-state index in [1.807, 2.05) is 23.6 Å². The molecule has 0 saturated carbocycles. The fraction of sp³-hybridized carbons (Fsp3) is 0.100. The van der Waals surface area contributed by atoms with Gasteiger partial charge in [-0.15, -0.1) is 22.7 Å². The Bertz CT molecular complexity index is 1230. The van der Waals surface area contributed by atoms with E-state index in [0.29, 0.717) is 0 Å². The highest BCUT2D eigenvalue weighted by molar-refractivity contribution is 7.20. The van der Waals surface area contributed by atoms with E-state index in [1.54, 1.807) is 11.3 Å². The summed E-state index contributed by atoms with van der Waals surface area (Å²) in [5, 5.41) is 4.98. The van der Waals surface area contributed by atoms with E-state index in [9.17, 15) is 0 Å². The lowest BCUT2D eigenvalue weighted by Gasteiger charge is -2.07. The zero-order valence-corrected chi connectivity index (χ0v) is 15.0. The van der Waals surface area contributed by atoms with Crippen LogP contribution in [0.2, 0.25) is 0 Å². The largest absolute Gasteiger partial charge is 0.255 e. The van der Waals surface area contributed by atoms with Gasteiger partial charge >= 0.3 is 0 Å². The summed E-state index contributed by atoms with van der Waals surface area (Å²) in [4.78, 5) is 10.7. The molecule has 0 aliphatic rings. The zero-order valence-electron chi connectivity index (χ0n) is 13.3. The van der Waals surface area contributed by atoms with Crippen LogP contribution in [0, 0.1) is 13.8 Å². The second-order valence-corrected chi connectivity index (χ2v) is 8.45. The lowest BCUT2D eigenvalue weighted by molar-refractivity contribution is 1.32. The van der Waals surface area contributed by atoms with Crippen molar-refractivity contribution in [3.8, 4) is 11.3 Å². The van der Waals surface area contributed by atoms with E-state index in [0.717, 1.165) is 16.2 Å². The summed E-state index contributed by atoms with van der Waals surface area (Å²) in [5.74, 6) is 0. The van der Waals surface area contributed by atoms with Crippen molar-refractivity contribution in [2.75, 3.05) is 0 Å². The Balaban J connectivity index is 1.97. The smallest absolute Gasteiger partial charge is 0.0911 e. The molecular formula is C20H14N2S2. The van der Waals surface area contributed by atoms with Crippen LogP contribution in [-0.4, -0.2) is 9.97 Å². The van der Waals surface area contributed by atoms with Crippen molar-refractivity contribution < 1.29 is 0 Å². The maximum absolute atomic E-state index is 4.73. The van der Waals surface area contributed by atoms with Crippen molar-refractivity contribution in [3.63, 3.8) is 0 Å². The first-order valence-electron chi connectivity index (χ1n) is 7.85. The maximum atomic E-state index is 4.73. The molecule has 0 bridgehead atoms. The third kappa shape index (κ3) is 2.00. The van der Waals surface area contributed by atoms with E-state index in [-0.39, 0.29) is 0 Å². The monoisotopic (exact) mass is 346 g/mol. The number of hydrogen-bond donors (Lipinski definition) is 0. The van der Waals surface area contributed by atoms with Crippen molar-refractivity contribution in [3.05, 3.63) is 58.5 Å². The number of rotatable bonds is 1. The number of thiazole rings is 1. The summed E-state index contributed by atoms with van der Waals surface area (Å²) in [6.07, 6.45) is 1.87. The molecule has 3 heterocycles. The molecule has 2 aromatic carbocycles. The Morgan fingerprint density at radius 2 is 1.75 bits per heavy atom. The molecule has 0 spiro atoms. The molecule has 4 heteroatoms. The normalized spacial score (nSPS) is 11.8. The number of pyridine rings is 1. The van der Waals surface area contributed by atoms with Crippen molar-refractivity contribution in [1.82, 2.24) is 9.97 Å². The van der Waals surface area contributed by atoms with Gasteiger partial charge in [-0.2, -0.15) is 0 Å². The molecule has 2 nitrogen and oxygen atoms in total. The highest BCUT2D eigenvalue weighted by atomic mass is 32.1. The SMILES string of the molecule is Cc1cc2c(s1)c(-c1nccc3nc(C)sc13)cc1ccccc12. The van der Waals surface area contributed by atoms with Gasteiger partial charge in [0.2, 0.25) is 0 Å². The van der Waals surface area contributed by atoms with E-state index in [4.69, 9.17) is 4.98 Å². The number of aryl methyl sites for hydroxylation is 2. The van der Waals surface area contributed by atoms with Gasteiger partial charge in [-0.25, -0.2) is 4.98 Å². The topological polar surface area (TPSA) is 25.8 Å². The van der Waals surface area contributed by atoms with Gasteiger partial charge < -0.3 is 0 Å². The van der Waals surface area contributed by atoms with Gasteiger partial charge in [0.1, 0.15) is 0 Å². The molecule has 24 heavy (non-hydrogen) atoms. The maximum Gasteiger partial charge on any atom is 0.0911 e. The van der Waals surface area contributed by atoms with E-state index >= 15 is 0 Å². The predicted octanol–water partition coefficient (Wildman–Crippen LogP) is 6.34. The number of fused-ring (bicyclic) bond motifs is 4. The number of benzene rings is 2. The molecule has 0 unspecified atom stereocenters. The molecule has 0 aliphatic carbocycles. The van der Waals surface area contributed by atoms with Crippen molar-refractivity contribution in [2.24, 2.45) is 0 Å². The molecule has 0 atom stereocenters. The quantitative estimate of drug-likeness (QED) is 0.354. The predicted molar refractivity (Wildman–Crippen MR) is 105 cm³/mol. The molecule has 0 fully saturated rings. The standard InChI is InChI=1S/C20H14N2S2/c1-11-9-15-14-6-4-3-5-13(14)10-16(19(15)23-11)18-20-17(7-8-21-18)22-12(2)24-20/h3-10H,1-2H3. The fourth-order valence-electron chi connectivity index (χ4n) is 3.34. The summed E-state index contributed by atoms with van der Waals surface area (Å²) >= 11 is 3.57. The molecule has 0 radical (unpaired) electrons. The van der Waals surface area contributed by atoms with Crippen LogP contribution >= 0.6 is 22.7 Å². The Morgan fingerprint density at radius 3 is 2.67 bits per heavy atom. The van der Waals surface area contributed by atoms with Crippen LogP contribution in [0.15, 0.2) is 48.7 Å². The van der Waals surface area contributed by atoms with E-state index in [1.165, 1.54) is 36.0 Å². The Morgan fingerprint density at radius 1 is 0.875 bits per heavy atom. The second-order valence-electron chi connectivity index (χ2n) is 5.99. The van der Waals surface area contributed by atoms with Crippen LogP contribution in [-0.2, 0) is 0 Å². The highest BCUT2D eigenvalue weighted by Gasteiger charge is 2.16. The van der Waals surface area contributed by atoms with E-state index < -0.39 is 0 Å². The average molecular weight is 346 g/mol. The molecule has 0 aliphatic heterocycles. The number of thiophene rings is 1. The van der Waals surface area contributed by atoms with Crippen LogP contribution in [0.4, 0.5) is 0 Å². The summed E-state index contributed by atoms with van der Waals surface area (Å²) < 4.78 is 2.50. The van der Waals surface area contributed by atoms with Crippen LogP contribution in [0.5, 0.6) is 0 Å². The summed E-state index contributed by atoms with van der Waals surface area (Å²) in [6.45, 7) is 4.23. The molecule has 116 valence electrons. The third-order valence-corrected chi connectivity index (χ3v) is 6.39. The molecular weight excluding hydrogens is 332 g/mol. The van der Waals surface area contributed by atoms with Crippen LogP contribution in [0.1, 0.15) is 9.88 Å². The van der Waals surface area contributed by atoms with Gasteiger partial charge in [0.15, 0.2) is 0 Å².